The van der Waals surface area contributed by atoms with Crippen LogP contribution in [0.1, 0.15) is 27.7 Å². The maximum Gasteiger partial charge on any atom is 0.123 e. The van der Waals surface area contributed by atoms with E-state index in [2.05, 4.69) is 15.4 Å². The van der Waals surface area contributed by atoms with E-state index in [0.29, 0.717) is 0 Å². The summed E-state index contributed by atoms with van der Waals surface area (Å²) in [6.45, 7) is 2.85. The van der Waals surface area contributed by atoms with Gasteiger partial charge in [0.1, 0.15) is 5.82 Å². The number of halogens is 1. The molecule has 2 heterocycles. The summed E-state index contributed by atoms with van der Waals surface area (Å²) in [7, 11) is 1.89. The highest BCUT2D eigenvalue weighted by atomic mass is 32.1. The fourth-order valence-corrected chi connectivity index (χ4v) is 3.35. The summed E-state index contributed by atoms with van der Waals surface area (Å²) >= 11 is 1.68. The van der Waals surface area contributed by atoms with Crippen molar-refractivity contribution < 1.29 is 4.39 Å². The Labute approximate surface area is 139 Å². The standard InChI is InChI=1S/C17H19FN4S/c1-12-16(23-11-20-12)7-8-19-17(14-9-21-22(2)10-14)13-3-5-15(18)6-4-13/h3-6,9-11,17,19H,7-8H2,1-2H3/t17-/m0/s1. The van der Waals surface area contributed by atoms with E-state index in [1.165, 1.54) is 17.0 Å². The molecule has 0 amide bonds. The Kier molecular flexibility index (Phi) is 4.83. The van der Waals surface area contributed by atoms with E-state index >= 15 is 0 Å². The maximum atomic E-state index is 13.2. The molecule has 1 atom stereocenters. The molecule has 4 nitrogen and oxygen atoms in total. The lowest BCUT2D eigenvalue weighted by atomic mass is 10.0. The second-order valence-corrected chi connectivity index (χ2v) is 6.44. The number of benzene rings is 1. The molecule has 0 aliphatic heterocycles. The number of nitrogens with zero attached hydrogens (tertiary/aromatic N) is 3. The van der Waals surface area contributed by atoms with Crippen LogP contribution in [0, 0.1) is 12.7 Å². The monoisotopic (exact) mass is 330 g/mol. The van der Waals surface area contributed by atoms with Crippen molar-refractivity contribution in [3.05, 3.63) is 69.7 Å². The Hall–Kier alpha value is -2.05. The zero-order chi connectivity index (χ0) is 16.2. The van der Waals surface area contributed by atoms with Crippen molar-refractivity contribution in [3.8, 4) is 0 Å². The van der Waals surface area contributed by atoms with Gasteiger partial charge in [0.15, 0.2) is 0 Å². The van der Waals surface area contributed by atoms with E-state index in [4.69, 9.17) is 0 Å². The van der Waals surface area contributed by atoms with Crippen molar-refractivity contribution in [3.63, 3.8) is 0 Å². The molecule has 0 saturated heterocycles. The smallest absolute Gasteiger partial charge is 0.123 e. The van der Waals surface area contributed by atoms with Crippen molar-refractivity contribution in [2.45, 2.75) is 19.4 Å². The molecule has 0 fully saturated rings. The molecule has 3 aromatic rings. The third-order valence-electron chi connectivity index (χ3n) is 3.81. The largest absolute Gasteiger partial charge is 0.306 e. The maximum absolute atomic E-state index is 13.2. The molecule has 0 unspecified atom stereocenters. The fourth-order valence-electron chi connectivity index (χ4n) is 2.57. The average Bonchev–Trinajstić information content (AvgIpc) is 3.14. The highest BCUT2D eigenvalue weighted by molar-refractivity contribution is 7.09. The van der Waals surface area contributed by atoms with E-state index in [1.807, 2.05) is 44.0 Å². The second-order valence-electron chi connectivity index (χ2n) is 5.50. The molecule has 2 aromatic heterocycles. The van der Waals surface area contributed by atoms with Crippen LogP contribution in [-0.2, 0) is 13.5 Å². The molecule has 0 bridgehead atoms. The fraction of sp³-hybridized carbons (Fsp3) is 0.294. The van der Waals surface area contributed by atoms with E-state index in [0.717, 1.165) is 29.8 Å². The summed E-state index contributed by atoms with van der Waals surface area (Å²) in [5, 5.41) is 7.80. The Morgan fingerprint density at radius 1 is 1.26 bits per heavy atom. The molecule has 0 spiro atoms. The van der Waals surface area contributed by atoms with Gasteiger partial charge in [0, 0.05) is 30.2 Å². The van der Waals surface area contributed by atoms with Crippen LogP contribution in [0.25, 0.3) is 0 Å². The molecule has 0 aliphatic rings. The average molecular weight is 330 g/mol. The predicted octanol–water partition coefficient (Wildman–Crippen LogP) is 3.25. The zero-order valence-corrected chi connectivity index (χ0v) is 14.0. The van der Waals surface area contributed by atoms with E-state index in [9.17, 15) is 4.39 Å². The number of thiazole rings is 1. The van der Waals surface area contributed by atoms with Gasteiger partial charge in [0.2, 0.25) is 0 Å². The first-order valence-electron chi connectivity index (χ1n) is 7.50. The molecule has 0 radical (unpaired) electrons. The zero-order valence-electron chi connectivity index (χ0n) is 13.2. The van der Waals surface area contributed by atoms with Gasteiger partial charge in [-0.05, 0) is 31.0 Å². The molecule has 23 heavy (non-hydrogen) atoms. The molecule has 120 valence electrons. The summed E-state index contributed by atoms with van der Waals surface area (Å²) in [4.78, 5) is 5.57. The van der Waals surface area contributed by atoms with Crippen molar-refractivity contribution in [1.82, 2.24) is 20.1 Å². The van der Waals surface area contributed by atoms with E-state index in [1.54, 1.807) is 16.0 Å². The van der Waals surface area contributed by atoms with Gasteiger partial charge < -0.3 is 5.32 Å². The van der Waals surface area contributed by atoms with Gasteiger partial charge in [0.25, 0.3) is 0 Å². The van der Waals surface area contributed by atoms with Crippen molar-refractivity contribution in [1.29, 1.82) is 0 Å². The molecule has 3 rings (SSSR count). The molecule has 0 aliphatic carbocycles. The summed E-state index contributed by atoms with van der Waals surface area (Å²) in [6, 6.07) is 6.62. The normalized spacial score (nSPS) is 12.5. The minimum Gasteiger partial charge on any atom is -0.306 e. The number of hydrogen-bond donors (Lipinski definition) is 1. The first-order chi connectivity index (χ1) is 11.1. The van der Waals surface area contributed by atoms with E-state index < -0.39 is 0 Å². The highest BCUT2D eigenvalue weighted by Crippen LogP contribution is 2.22. The number of aryl methyl sites for hydroxylation is 2. The van der Waals surface area contributed by atoms with Crippen LogP contribution >= 0.6 is 11.3 Å². The lowest BCUT2D eigenvalue weighted by Gasteiger charge is -2.18. The molecule has 1 aromatic carbocycles. The minimum atomic E-state index is -0.223. The number of aromatic nitrogens is 3. The summed E-state index contributed by atoms with van der Waals surface area (Å²) in [5.41, 5.74) is 5.07. The molecular weight excluding hydrogens is 311 g/mol. The van der Waals surface area contributed by atoms with Crippen LogP contribution in [0.3, 0.4) is 0 Å². The van der Waals surface area contributed by atoms with Gasteiger partial charge in [-0.25, -0.2) is 9.37 Å². The molecule has 1 N–H and O–H groups in total. The van der Waals surface area contributed by atoms with Crippen molar-refractivity contribution in [2.24, 2.45) is 7.05 Å². The van der Waals surface area contributed by atoms with Gasteiger partial charge >= 0.3 is 0 Å². The van der Waals surface area contributed by atoms with E-state index in [-0.39, 0.29) is 11.9 Å². The Morgan fingerprint density at radius 2 is 2.04 bits per heavy atom. The summed E-state index contributed by atoms with van der Waals surface area (Å²) in [6.07, 6.45) is 4.76. The van der Waals surface area contributed by atoms with Gasteiger partial charge in [-0.15, -0.1) is 11.3 Å². The quantitative estimate of drug-likeness (QED) is 0.754. The lowest BCUT2D eigenvalue weighted by molar-refractivity contribution is 0.599. The second kappa shape index (κ2) is 7.02. The van der Waals surface area contributed by atoms with Crippen LogP contribution in [0.2, 0.25) is 0 Å². The number of hydrogen-bond acceptors (Lipinski definition) is 4. The summed E-state index contributed by atoms with van der Waals surface area (Å²) < 4.78 is 15.0. The lowest BCUT2D eigenvalue weighted by Crippen LogP contribution is -2.24. The van der Waals surface area contributed by atoms with Gasteiger partial charge in [-0.1, -0.05) is 12.1 Å². The topological polar surface area (TPSA) is 42.7 Å². The molecule has 6 heteroatoms. The summed E-state index contributed by atoms with van der Waals surface area (Å²) in [5.74, 6) is -0.223. The minimum absolute atomic E-state index is 0.00229. The van der Waals surface area contributed by atoms with Gasteiger partial charge in [0.05, 0.1) is 23.4 Å². The molecular formula is C17H19FN4S. The Morgan fingerprint density at radius 3 is 2.65 bits per heavy atom. The van der Waals surface area contributed by atoms with Crippen LogP contribution in [0.4, 0.5) is 4.39 Å². The Balaban J connectivity index is 1.75. The van der Waals surface area contributed by atoms with Crippen LogP contribution in [0.15, 0.2) is 42.2 Å². The number of nitrogens with one attached hydrogen (secondary N) is 1. The van der Waals surface area contributed by atoms with Crippen LogP contribution in [-0.4, -0.2) is 21.3 Å². The first-order valence-corrected chi connectivity index (χ1v) is 8.38. The van der Waals surface area contributed by atoms with Crippen molar-refractivity contribution in [2.75, 3.05) is 6.54 Å². The molecule has 0 saturated carbocycles. The van der Waals surface area contributed by atoms with Crippen LogP contribution < -0.4 is 5.32 Å². The first kappa shape index (κ1) is 15.8. The van der Waals surface area contributed by atoms with Crippen LogP contribution in [0.5, 0.6) is 0 Å². The van der Waals surface area contributed by atoms with Crippen molar-refractivity contribution >= 4 is 11.3 Å². The third-order valence-corrected chi connectivity index (χ3v) is 4.80. The Bertz CT molecular complexity index is 763. The third kappa shape index (κ3) is 3.83. The SMILES string of the molecule is Cc1ncsc1CCN[C@@H](c1ccc(F)cc1)c1cnn(C)c1. The predicted molar refractivity (Wildman–Crippen MR) is 90.0 cm³/mol. The highest BCUT2D eigenvalue weighted by Gasteiger charge is 2.15. The van der Waals surface area contributed by atoms with Gasteiger partial charge in [-0.3, -0.25) is 4.68 Å². The van der Waals surface area contributed by atoms with Gasteiger partial charge in [-0.2, -0.15) is 5.10 Å². The number of rotatable bonds is 6.